The van der Waals surface area contributed by atoms with Crippen LogP contribution in [0.25, 0.3) is 0 Å². The Hall–Kier alpha value is -1.69. The van der Waals surface area contributed by atoms with Crippen LogP contribution in [0.15, 0.2) is 23.3 Å². The van der Waals surface area contributed by atoms with Gasteiger partial charge in [0.1, 0.15) is 0 Å². The van der Waals surface area contributed by atoms with Crippen molar-refractivity contribution in [3.63, 3.8) is 0 Å². The lowest BCUT2D eigenvalue weighted by molar-refractivity contribution is 0.308. The van der Waals surface area contributed by atoms with Crippen LogP contribution in [0.1, 0.15) is 38.2 Å². The highest BCUT2D eigenvalue weighted by Crippen LogP contribution is 2.23. The topological polar surface area (TPSA) is 45.6 Å². The summed E-state index contributed by atoms with van der Waals surface area (Å²) < 4.78 is 18.4. The van der Waals surface area contributed by atoms with Crippen molar-refractivity contribution in [1.82, 2.24) is 10.7 Å². The van der Waals surface area contributed by atoms with Gasteiger partial charge in [-0.05, 0) is 54.7 Å². The summed E-state index contributed by atoms with van der Waals surface area (Å²) in [5.41, 5.74) is 3.42. The van der Waals surface area contributed by atoms with Crippen LogP contribution in [-0.2, 0) is 0 Å². The van der Waals surface area contributed by atoms with E-state index in [0.29, 0.717) is 22.6 Å². The number of thiocarbonyl (C=S) groups is 1. The van der Waals surface area contributed by atoms with E-state index < -0.39 is 5.82 Å². The maximum absolute atomic E-state index is 13.5. The molecule has 1 saturated carbocycles. The quantitative estimate of drug-likeness (QED) is 0.507. The lowest BCUT2D eigenvalue weighted by Crippen LogP contribution is -2.44. The number of hydrogen-bond acceptors (Lipinski definition) is 3. The number of hydrogen-bond donors (Lipinski definition) is 2. The van der Waals surface area contributed by atoms with Crippen LogP contribution in [0.4, 0.5) is 4.39 Å². The zero-order valence-corrected chi connectivity index (χ0v) is 13.8. The van der Waals surface area contributed by atoms with Gasteiger partial charge in [0, 0.05) is 6.04 Å². The van der Waals surface area contributed by atoms with Gasteiger partial charge in [0.15, 0.2) is 16.7 Å². The average molecular weight is 323 g/mol. The second-order valence-corrected chi connectivity index (χ2v) is 6.01. The van der Waals surface area contributed by atoms with Gasteiger partial charge in [-0.3, -0.25) is 5.43 Å². The zero-order chi connectivity index (χ0) is 15.9. The maximum atomic E-state index is 13.5. The zero-order valence-electron chi connectivity index (χ0n) is 12.9. The molecule has 0 unspecified atom stereocenters. The van der Waals surface area contributed by atoms with E-state index >= 15 is 0 Å². The summed E-state index contributed by atoms with van der Waals surface area (Å²) in [5, 5.41) is 7.84. The number of halogens is 1. The first-order chi connectivity index (χ1) is 10.6. The number of rotatable bonds is 4. The molecule has 1 aliphatic carbocycles. The Labute approximate surface area is 136 Å². The van der Waals surface area contributed by atoms with Crippen LogP contribution >= 0.6 is 12.2 Å². The molecule has 0 saturated heterocycles. The fraction of sp³-hybridized carbons (Fsp3) is 0.500. The summed E-state index contributed by atoms with van der Waals surface area (Å²) in [6.07, 6.45) is 6.42. The second-order valence-electron chi connectivity index (χ2n) is 5.61. The van der Waals surface area contributed by atoms with Crippen LogP contribution in [0.2, 0.25) is 0 Å². The molecule has 0 aromatic heterocycles. The van der Waals surface area contributed by atoms with Crippen molar-refractivity contribution >= 4 is 23.5 Å². The third kappa shape index (κ3) is 4.66. The van der Waals surface area contributed by atoms with Gasteiger partial charge in [-0.25, -0.2) is 4.39 Å². The lowest BCUT2D eigenvalue weighted by Gasteiger charge is -2.30. The number of ether oxygens (including phenoxy) is 1. The minimum absolute atomic E-state index is 0.216. The Balaban J connectivity index is 1.83. The normalized spacial score (nSPS) is 21.6. The number of nitrogens with one attached hydrogen (secondary N) is 2. The number of benzene rings is 1. The van der Waals surface area contributed by atoms with Gasteiger partial charge in [-0.15, -0.1) is 0 Å². The third-order valence-corrected chi connectivity index (χ3v) is 4.19. The predicted molar refractivity (Wildman–Crippen MR) is 90.8 cm³/mol. The Morgan fingerprint density at radius 2 is 2.18 bits per heavy atom. The molecule has 2 atom stereocenters. The summed E-state index contributed by atoms with van der Waals surface area (Å²) in [4.78, 5) is 0. The van der Waals surface area contributed by atoms with Crippen molar-refractivity contribution in [3.05, 3.63) is 29.6 Å². The van der Waals surface area contributed by atoms with Crippen molar-refractivity contribution < 1.29 is 9.13 Å². The fourth-order valence-electron chi connectivity index (χ4n) is 2.66. The molecule has 2 rings (SSSR count). The largest absolute Gasteiger partial charge is 0.494 e. The molecule has 6 heteroatoms. The first kappa shape index (κ1) is 16.7. The molecule has 0 radical (unpaired) electrons. The SMILES string of the molecule is COc1ccc(/C=N\NC(=S)N[C@H]2CCCC[C@H]2C)cc1F. The van der Waals surface area contributed by atoms with E-state index in [1.807, 2.05) is 0 Å². The third-order valence-electron chi connectivity index (χ3n) is 3.98. The van der Waals surface area contributed by atoms with Crippen molar-refractivity contribution in [1.29, 1.82) is 0 Å². The highest BCUT2D eigenvalue weighted by Gasteiger charge is 2.21. The van der Waals surface area contributed by atoms with Crippen LogP contribution < -0.4 is 15.5 Å². The molecule has 22 heavy (non-hydrogen) atoms. The molecular weight excluding hydrogens is 301 g/mol. The first-order valence-corrected chi connectivity index (χ1v) is 7.94. The lowest BCUT2D eigenvalue weighted by atomic mass is 9.86. The fourth-order valence-corrected chi connectivity index (χ4v) is 2.86. The van der Waals surface area contributed by atoms with Gasteiger partial charge in [-0.2, -0.15) is 5.10 Å². The molecule has 1 aromatic carbocycles. The molecular formula is C16H22FN3OS. The molecule has 0 spiro atoms. The van der Waals surface area contributed by atoms with Gasteiger partial charge < -0.3 is 10.1 Å². The van der Waals surface area contributed by atoms with E-state index in [0.717, 1.165) is 6.42 Å². The molecule has 1 aromatic rings. The predicted octanol–water partition coefficient (Wildman–Crippen LogP) is 3.21. The van der Waals surface area contributed by atoms with Gasteiger partial charge >= 0.3 is 0 Å². The van der Waals surface area contributed by atoms with E-state index in [1.165, 1.54) is 38.7 Å². The van der Waals surface area contributed by atoms with Crippen molar-refractivity contribution in [2.75, 3.05) is 7.11 Å². The number of methoxy groups -OCH3 is 1. The van der Waals surface area contributed by atoms with E-state index in [-0.39, 0.29) is 5.75 Å². The Morgan fingerprint density at radius 1 is 1.41 bits per heavy atom. The summed E-state index contributed by atoms with van der Waals surface area (Å²) >= 11 is 5.24. The van der Waals surface area contributed by atoms with Crippen LogP contribution in [0, 0.1) is 11.7 Å². The molecule has 2 N–H and O–H groups in total. The molecule has 0 heterocycles. The smallest absolute Gasteiger partial charge is 0.187 e. The first-order valence-electron chi connectivity index (χ1n) is 7.53. The summed E-state index contributed by atoms with van der Waals surface area (Å²) in [6.45, 7) is 2.24. The highest BCUT2D eigenvalue weighted by molar-refractivity contribution is 7.80. The minimum atomic E-state index is -0.414. The van der Waals surface area contributed by atoms with Gasteiger partial charge in [0.2, 0.25) is 0 Å². The number of nitrogens with zero attached hydrogens (tertiary/aromatic N) is 1. The highest BCUT2D eigenvalue weighted by atomic mass is 32.1. The van der Waals surface area contributed by atoms with Crippen molar-refractivity contribution in [3.8, 4) is 5.75 Å². The van der Waals surface area contributed by atoms with Gasteiger partial charge in [-0.1, -0.05) is 19.8 Å². The minimum Gasteiger partial charge on any atom is -0.494 e. The molecule has 4 nitrogen and oxygen atoms in total. The van der Waals surface area contributed by atoms with Crippen molar-refractivity contribution in [2.45, 2.75) is 38.6 Å². The van der Waals surface area contributed by atoms with Gasteiger partial charge in [0.05, 0.1) is 13.3 Å². The summed E-state index contributed by atoms with van der Waals surface area (Å²) in [5.74, 6) is 0.421. The van der Waals surface area contributed by atoms with E-state index in [9.17, 15) is 4.39 Å². The average Bonchev–Trinajstić information content (AvgIpc) is 2.50. The van der Waals surface area contributed by atoms with Crippen LogP contribution in [0.3, 0.4) is 0 Å². The standard InChI is InChI=1S/C16H22FN3OS/c1-11-5-3-4-6-14(11)19-16(22)20-18-10-12-7-8-15(21-2)13(17)9-12/h7-11,14H,3-6H2,1-2H3,(H2,19,20,22)/b18-10-/t11-,14+/m1/s1. The van der Waals surface area contributed by atoms with E-state index in [2.05, 4.69) is 22.8 Å². The Morgan fingerprint density at radius 3 is 2.86 bits per heavy atom. The molecule has 1 aliphatic rings. The van der Waals surface area contributed by atoms with Gasteiger partial charge in [0.25, 0.3) is 0 Å². The molecule has 0 bridgehead atoms. The molecule has 1 fully saturated rings. The monoisotopic (exact) mass is 323 g/mol. The maximum Gasteiger partial charge on any atom is 0.187 e. The summed E-state index contributed by atoms with van der Waals surface area (Å²) in [7, 11) is 1.43. The van der Waals surface area contributed by atoms with E-state index in [4.69, 9.17) is 17.0 Å². The molecule has 0 aliphatic heterocycles. The second kappa shape index (κ2) is 8.08. The Kier molecular flexibility index (Phi) is 6.12. The van der Waals surface area contributed by atoms with Crippen LogP contribution in [0.5, 0.6) is 5.75 Å². The van der Waals surface area contributed by atoms with E-state index in [1.54, 1.807) is 12.1 Å². The van der Waals surface area contributed by atoms with Crippen LogP contribution in [-0.4, -0.2) is 24.5 Å². The Bertz CT molecular complexity index is 550. The number of hydrazone groups is 1. The molecule has 120 valence electrons. The summed E-state index contributed by atoms with van der Waals surface area (Å²) in [6, 6.07) is 5.07. The molecule has 0 amide bonds. The van der Waals surface area contributed by atoms with Crippen molar-refractivity contribution in [2.24, 2.45) is 11.0 Å².